The van der Waals surface area contributed by atoms with Crippen LogP contribution >= 0.6 is 23.2 Å². The van der Waals surface area contributed by atoms with Crippen molar-refractivity contribution in [1.82, 2.24) is 19.1 Å². The standard InChI is InChI=1S/C26H28ClFN4O4.C24H26ClFN4O4/c1-6-31-16(2)24(25(35)32(31)17-10-8-7-9-11-17)30-23(34)15-26(3,4)14-22(33)29-20-12-18(27)19(28)13-21(20)36-5;1-14-22(23(33)30(29-14)15-8-6-5-7-9-15)28-21(32)13-24(2,3)12-20(31)27-18-10-16(25)17(26)11-19(18)34-4/h6-13H,1,14-15H2,2-5H3,(H,29,33)(H,30,34);5-11,29H,12-13H2,1-4H3,(H,27,31)(H,28,32). The van der Waals surface area contributed by atoms with Crippen LogP contribution in [0.15, 0.2) is 101 Å². The second-order valence-electron chi connectivity index (χ2n) is 17.7. The number of carbonyl (C=O) groups is 4. The number of aromatic amines is 1. The Balaban J connectivity index is 0.000000261. The molecule has 0 atom stereocenters. The summed E-state index contributed by atoms with van der Waals surface area (Å²) in [6, 6.07) is 22.7. The molecule has 6 aromatic rings. The summed E-state index contributed by atoms with van der Waals surface area (Å²) in [6.07, 6.45) is 1.39. The number of benzene rings is 4. The summed E-state index contributed by atoms with van der Waals surface area (Å²) in [5.41, 5.74) is 0.738. The first kappa shape index (κ1) is 53.5. The number of carbonyl (C=O) groups excluding carboxylic acids is 4. The van der Waals surface area contributed by atoms with Gasteiger partial charge in [-0.1, -0.05) is 93.9 Å². The van der Waals surface area contributed by atoms with Crippen LogP contribution in [0.2, 0.25) is 10.0 Å². The quantitative estimate of drug-likeness (QED) is 0.0595. The average Bonchev–Trinajstić information content (AvgIpc) is 3.70. The van der Waals surface area contributed by atoms with Gasteiger partial charge in [-0.3, -0.25) is 38.5 Å². The Morgan fingerprint density at radius 3 is 1.46 bits per heavy atom. The molecule has 16 nitrogen and oxygen atoms in total. The maximum Gasteiger partial charge on any atom is 0.295 e. The van der Waals surface area contributed by atoms with Crippen molar-refractivity contribution in [3.8, 4) is 22.9 Å². The van der Waals surface area contributed by atoms with Crippen LogP contribution in [0.3, 0.4) is 0 Å². The summed E-state index contributed by atoms with van der Waals surface area (Å²) in [7, 11) is 2.70. The van der Waals surface area contributed by atoms with Crippen LogP contribution < -0.4 is 41.9 Å². The minimum absolute atomic E-state index is 0.0149. The van der Waals surface area contributed by atoms with Crippen LogP contribution in [0.5, 0.6) is 11.5 Å². The molecule has 2 aromatic heterocycles. The topological polar surface area (TPSA) is 200 Å². The summed E-state index contributed by atoms with van der Waals surface area (Å²) in [5, 5.41) is 13.3. The van der Waals surface area contributed by atoms with Gasteiger partial charge >= 0.3 is 0 Å². The van der Waals surface area contributed by atoms with Crippen molar-refractivity contribution in [3.05, 3.63) is 145 Å². The molecule has 0 aliphatic rings. The van der Waals surface area contributed by atoms with Crippen molar-refractivity contribution >= 4 is 75.8 Å². The zero-order valence-corrected chi connectivity index (χ0v) is 41.3. The number of H-pyrrole nitrogens is 1. The van der Waals surface area contributed by atoms with Crippen LogP contribution in [0.1, 0.15) is 64.8 Å². The molecule has 4 aromatic carbocycles. The Bertz CT molecular complexity index is 3040. The number of aromatic nitrogens is 4. The lowest BCUT2D eigenvalue weighted by atomic mass is 9.85. The number of rotatable bonds is 17. The molecule has 4 amide bonds. The van der Waals surface area contributed by atoms with Gasteiger partial charge in [-0.05, 0) is 61.1 Å². The number of anilines is 4. The molecule has 370 valence electrons. The lowest BCUT2D eigenvalue weighted by Crippen LogP contribution is -2.29. The first-order valence-corrected chi connectivity index (χ1v) is 22.4. The van der Waals surface area contributed by atoms with E-state index in [1.807, 2.05) is 12.1 Å². The molecule has 0 saturated carbocycles. The first-order chi connectivity index (χ1) is 33.0. The summed E-state index contributed by atoms with van der Waals surface area (Å²) >= 11 is 11.6. The summed E-state index contributed by atoms with van der Waals surface area (Å²) < 4.78 is 41.8. The van der Waals surface area contributed by atoms with Crippen molar-refractivity contribution in [1.29, 1.82) is 0 Å². The van der Waals surface area contributed by atoms with E-state index in [-0.39, 0.29) is 75.5 Å². The van der Waals surface area contributed by atoms with Gasteiger partial charge in [-0.2, -0.15) is 0 Å². The van der Waals surface area contributed by atoms with Gasteiger partial charge in [0.15, 0.2) is 0 Å². The molecule has 6 rings (SSSR count). The number of methoxy groups -OCH3 is 2. The smallest absolute Gasteiger partial charge is 0.295 e. The third-order valence-corrected chi connectivity index (χ3v) is 11.3. The normalized spacial score (nSPS) is 11.2. The minimum atomic E-state index is -0.765. The van der Waals surface area contributed by atoms with Gasteiger partial charge in [0.1, 0.15) is 34.5 Å². The van der Waals surface area contributed by atoms with E-state index in [1.54, 1.807) is 94.8 Å². The Morgan fingerprint density at radius 2 is 1.04 bits per heavy atom. The highest BCUT2D eigenvalue weighted by molar-refractivity contribution is 6.31. The molecular weight excluding hydrogens is 949 g/mol. The van der Waals surface area contributed by atoms with E-state index in [9.17, 15) is 37.5 Å². The van der Waals surface area contributed by atoms with Gasteiger partial charge in [0.2, 0.25) is 23.6 Å². The van der Waals surface area contributed by atoms with Crippen LogP contribution in [0.4, 0.5) is 31.5 Å². The Morgan fingerprint density at radius 1 is 0.643 bits per heavy atom. The maximum absolute atomic E-state index is 13.7. The number of para-hydroxylation sites is 2. The predicted octanol–water partition coefficient (Wildman–Crippen LogP) is 9.89. The van der Waals surface area contributed by atoms with E-state index in [4.69, 9.17) is 32.7 Å². The molecule has 0 aliphatic carbocycles. The number of hydrogen-bond donors (Lipinski definition) is 5. The molecule has 0 unspecified atom stereocenters. The van der Waals surface area contributed by atoms with Crippen LogP contribution in [-0.2, 0) is 19.2 Å². The molecule has 2 heterocycles. The fourth-order valence-electron chi connectivity index (χ4n) is 7.46. The van der Waals surface area contributed by atoms with E-state index < -0.39 is 51.7 Å². The Hall–Kier alpha value is -7.44. The largest absolute Gasteiger partial charge is 0.494 e. The van der Waals surface area contributed by atoms with E-state index in [2.05, 4.69) is 32.9 Å². The molecule has 0 saturated heterocycles. The zero-order valence-electron chi connectivity index (χ0n) is 39.8. The van der Waals surface area contributed by atoms with Crippen LogP contribution in [0, 0.1) is 36.3 Å². The molecule has 70 heavy (non-hydrogen) atoms. The van der Waals surface area contributed by atoms with E-state index in [0.29, 0.717) is 22.8 Å². The number of halogens is 4. The van der Waals surface area contributed by atoms with Gasteiger partial charge < -0.3 is 30.7 Å². The third-order valence-electron chi connectivity index (χ3n) is 10.7. The van der Waals surface area contributed by atoms with Crippen LogP contribution in [0.25, 0.3) is 17.6 Å². The number of nitrogens with zero attached hydrogens (tertiary/aromatic N) is 3. The minimum Gasteiger partial charge on any atom is -0.494 e. The predicted molar refractivity (Wildman–Crippen MR) is 269 cm³/mol. The highest BCUT2D eigenvalue weighted by atomic mass is 35.5. The molecular formula is C50H54Cl2F2N8O8. The zero-order chi connectivity index (χ0) is 51.7. The molecule has 0 fully saturated rings. The third kappa shape index (κ3) is 13.4. The second-order valence-corrected chi connectivity index (χ2v) is 18.5. The van der Waals surface area contributed by atoms with Gasteiger partial charge in [-0.15, -0.1) is 0 Å². The van der Waals surface area contributed by atoms with Crippen molar-refractivity contribution < 1.29 is 37.4 Å². The Labute approximate surface area is 412 Å². The van der Waals surface area contributed by atoms with Gasteiger partial charge in [0.25, 0.3) is 11.1 Å². The summed E-state index contributed by atoms with van der Waals surface area (Å²) in [6.45, 7) is 14.2. The molecule has 0 bridgehead atoms. The molecule has 5 N–H and O–H groups in total. The summed E-state index contributed by atoms with van der Waals surface area (Å²) in [5.74, 6) is -2.72. The van der Waals surface area contributed by atoms with Gasteiger partial charge in [-0.25, -0.2) is 18.1 Å². The fraction of sp³-hybridized carbons (Fsp3) is 0.280. The van der Waals surface area contributed by atoms with Crippen molar-refractivity contribution in [2.24, 2.45) is 10.8 Å². The molecule has 20 heteroatoms. The van der Waals surface area contributed by atoms with Crippen molar-refractivity contribution in [3.63, 3.8) is 0 Å². The average molecular weight is 1000 g/mol. The number of amides is 4. The van der Waals surface area contributed by atoms with Gasteiger partial charge in [0, 0.05) is 44.0 Å². The van der Waals surface area contributed by atoms with Crippen molar-refractivity contribution in [2.75, 3.05) is 35.5 Å². The number of nitrogens with one attached hydrogen (secondary N) is 5. The van der Waals surface area contributed by atoms with Crippen LogP contribution in [-0.4, -0.2) is 57.0 Å². The lowest BCUT2D eigenvalue weighted by Gasteiger charge is -2.23. The Kier molecular flexibility index (Phi) is 17.4. The number of aryl methyl sites for hydroxylation is 1. The summed E-state index contributed by atoms with van der Waals surface area (Å²) in [4.78, 5) is 76.8. The lowest BCUT2D eigenvalue weighted by molar-refractivity contribution is -0.122. The van der Waals surface area contributed by atoms with E-state index >= 15 is 0 Å². The maximum atomic E-state index is 13.7. The second kappa shape index (κ2) is 22.8. The molecule has 0 spiro atoms. The monoisotopic (exact) mass is 1000 g/mol. The van der Waals surface area contributed by atoms with Gasteiger partial charge in [0.05, 0.1) is 58.4 Å². The molecule has 0 radical (unpaired) electrons. The van der Waals surface area contributed by atoms with Crippen molar-refractivity contribution in [2.45, 2.75) is 67.2 Å². The number of ether oxygens (including phenoxy) is 2. The van der Waals surface area contributed by atoms with E-state index in [0.717, 1.165) is 12.1 Å². The van der Waals surface area contributed by atoms with E-state index in [1.165, 1.54) is 41.9 Å². The SMILES string of the molecule is C=Cn1c(C)c(NC(=O)CC(C)(C)CC(=O)Nc2cc(Cl)c(F)cc2OC)c(=O)n1-c1ccccc1.COc1cc(F)c(Cl)cc1NC(=O)CC(C)(C)CC(=O)Nc1c(C)[nH]n(-c2ccccc2)c1=O. The highest BCUT2D eigenvalue weighted by Gasteiger charge is 2.29. The molecule has 0 aliphatic heterocycles. The fourth-order valence-corrected chi connectivity index (χ4v) is 7.79. The first-order valence-electron chi connectivity index (χ1n) is 21.6. The number of hydrogen-bond acceptors (Lipinski definition) is 8. The highest BCUT2D eigenvalue weighted by Crippen LogP contribution is 2.34.